The number of hydrogen-bond donors (Lipinski definition) is 1. The quantitative estimate of drug-likeness (QED) is 0.833. The van der Waals surface area contributed by atoms with Crippen LogP contribution in [0.15, 0.2) is 6.07 Å². The van der Waals surface area contributed by atoms with E-state index in [1.165, 1.54) is 42.6 Å². The van der Waals surface area contributed by atoms with Crippen molar-refractivity contribution >= 4 is 0 Å². The standard InChI is InChI=1S/C15H24N2/c1-10-9-12-13(16)5-4-6-14(12)17(10)15(2,3)11-7-8-11/h9,11,13H,4-8,16H2,1-3H3. The molecule has 1 aromatic heterocycles. The molecule has 2 nitrogen and oxygen atoms in total. The van der Waals surface area contributed by atoms with Crippen molar-refractivity contribution < 1.29 is 0 Å². The van der Waals surface area contributed by atoms with E-state index in [9.17, 15) is 0 Å². The first-order valence-electron chi connectivity index (χ1n) is 6.99. The lowest BCUT2D eigenvalue weighted by molar-refractivity contribution is 0.288. The number of aromatic nitrogens is 1. The predicted molar refractivity (Wildman–Crippen MR) is 71.1 cm³/mol. The smallest absolute Gasteiger partial charge is 0.0417 e. The summed E-state index contributed by atoms with van der Waals surface area (Å²) in [7, 11) is 0. The van der Waals surface area contributed by atoms with E-state index in [-0.39, 0.29) is 11.6 Å². The highest BCUT2D eigenvalue weighted by molar-refractivity contribution is 5.34. The van der Waals surface area contributed by atoms with Gasteiger partial charge < -0.3 is 10.3 Å². The fraction of sp³-hybridized carbons (Fsp3) is 0.733. The van der Waals surface area contributed by atoms with Crippen LogP contribution in [0.25, 0.3) is 0 Å². The first kappa shape index (κ1) is 11.3. The van der Waals surface area contributed by atoms with Crippen molar-refractivity contribution in [1.82, 2.24) is 4.57 Å². The first-order chi connectivity index (χ1) is 8.01. The third-order valence-corrected chi connectivity index (χ3v) is 4.80. The molecular formula is C15H24N2. The lowest BCUT2D eigenvalue weighted by Gasteiger charge is -2.33. The molecule has 1 atom stereocenters. The van der Waals surface area contributed by atoms with E-state index in [4.69, 9.17) is 5.73 Å². The van der Waals surface area contributed by atoms with Crippen molar-refractivity contribution in [3.05, 3.63) is 23.0 Å². The van der Waals surface area contributed by atoms with Gasteiger partial charge in [-0.2, -0.15) is 0 Å². The molecule has 2 aliphatic carbocycles. The Bertz CT molecular complexity index is 438. The van der Waals surface area contributed by atoms with Crippen LogP contribution >= 0.6 is 0 Å². The maximum Gasteiger partial charge on any atom is 0.0417 e. The van der Waals surface area contributed by atoms with Gasteiger partial charge >= 0.3 is 0 Å². The van der Waals surface area contributed by atoms with Gasteiger partial charge in [-0.05, 0) is 70.4 Å². The number of aryl methyl sites for hydroxylation is 1. The summed E-state index contributed by atoms with van der Waals surface area (Å²) in [6, 6.07) is 2.61. The van der Waals surface area contributed by atoms with E-state index in [1.807, 2.05) is 0 Å². The zero-order valence-electron chi connectivity index (χ0n) is 11.3. The molecule has 0 spiro atoms. The molecule has 0 amide bonds. The zero-order valence-corrected chi connectivity index (χ0v) is 11.3. The molecule has 2 heteroatoms. The molecule has 0 aromatic carbocycles. The third-order valence-electron chi connectivity index (χ3n) is 4.80. The fourth-order valence-electron chi connectivity index (χ4n) is 3.71. The van der Waals surface area contributed by atoms with Crippen LogP contribution in [0.4, 0.5) is 0 Å². The van der Waals surface area contributed by atoms with E-state index < -0.39 is 0 Å². The van der Waals surface area contributed by atoms with E-state index in [0.29, 0.717) is 0 Å². The summed E-state index contributed by atoms with van der Waals surface area (Å²) < 4.78 is 2.60. The van der Waals surface area contributed by atoms with Crippen molar-refractivity contribution in [3.63, 3.8) is 0 Å². The van der Waals surface area contributed by atoms with Crippen molar-refractivity contribution in [1.29, 1.82) is 0 Å². The van der Waals surface area contributed by atoms with Crippen LogP contribution in [-0.4, -0.2) is 4.57 Å². The van der Waals surface area contributed by atoms with E-state index in [1.54, 1.807) is 0 Å². The minimum absolute atomic E-state index is 0.272. The number of nitrogens with two attached hydrogens (primary N) is 1. The molecule has 1 unspecified atom stereocenters. The second kappa shape index (κ2) is 3.61. The monoisotopic (exact) mass is 232 g/mol. The van der Waals surface area contributed by atoms with Crippen LogP contribution in [0.3, 0.4) is 0 Å². The molecule has 1 saturated carbocycles. The van der Waals surface area contributed by atoms with Crippen molar-refractivity contribution in [2.45, 2.75) is 64.5 Å². The first-order valence-corrected chi connectivity index (χ1v) is 6.99. The van der Waals surface area contributed by atoms with Gasteiger partial charge in [0.05, 0.1) is 0 Å². The molecule has 3 rings (SSSR count). The molecule has 1 aromatic rings. The van der Waals surface area contributed by atoms with Gasteiger partial charge in [0.15, 0.2) is 0 Å². The molecule has 2 aliphatic rings. The molecule has 1 fully saturated rings. The zero-order chi connectivity index (χ0) is 12.2. The number of fused-ring (bicyclic) bond motifs is 1. The second-order valence-corrected chi connectivity index (χ2v) is 6.45. The van der Waals surface area contributed by atoms with Gasteiger partial charge in [0.25, 0.3) is 0 Å². The van der Waals surface area contributed by atoms with Crippen LogP contribution in [0.1, 0.15) is 62.5 Å². The van der Waals surface area contributed by atoms with Crippen LogP contribution in [0.2, 0.25) is 0 Å². The highest BCUT2D eigenvalue weighted by atomic mass is 15.1. The summed E-state index contributed by atoms with van der Waals surface area (Å²) in [5.74, 6) is 0.871. The molecule has 1 heterocycles. The Morgan fingerprint density at radius 1 is 1.29 bits per heavy atom. The highest BCUT2D eigenvalue weighted by Crippen LogP contribution is 2.46. The number of rotatable bonds is 2. The van der Waals surface area contributed by atoms with Gasteiger partial charge in [-0.25, -0.2) is 0 Å². The SMILES string of the molecule is Cc1cc2c(n1C(C)(C)C1CC1)CCCC2N. The Kier molecular flexibility index (Phi) is 2.41. The maximum atomic E-state index is 6.25. The van der Waals surface area contributed by atoms with Gasteiger partial charge in [-0.15, -0.1) is 0 Å². The summed E-state index contributed by atoms with van der Waals surface area (Å²) >= 11 is 0. The van der Waals surface area contributed by atoms with Crippen molar-refractivity contribution in [3.8, 4) is 0 Å². The summed E-state index contributed by atoms with van der Waals surface area (Å²) in [5, 5.41) is 0. The van der Waals surface area contributed by atoms with Gasteiger partial charge in [-0.1, -0.05) is 0 Å². The van der Waals surface area contributed by atoms with Crippen LogP contribution in [0, 0.1) is 12.8 Å². The van der Waals surface area contributed by atoms with Crippen molar-refractivity contribution in [2.75, 3.05) is 0 Å². The molecule has 0 aliphatic heterocycles. The largest absolute Gasteiger partial charge is 0.343 e. The lowest BCUT2D eigenvalue weighted by Crippen LogP contribution is -2.32. The maximum absolute atomic E-state index is 6.25. The summed E-state index contributed by atoms with van der Waals surface area (Å²) in [6.45, 7) is 7.05. The van der Waals surface area contributed by atoms with E-state index in [0.717, 1.165) is 12.3 Å². The summed E-state index contributed by atoms with van der Waals surface area (Å²) in [6.07, 6.45) is 6.41. The van der Waals surface area contributed by atoms with Crippen LogP contribution < -0.4 is 5.73 Å². The Hall–Kier alpha value is -0.760. The topological polar surface area (TPSA) is 30.9 Å². The van der Waals surface area contributed by atoms with Crippen LogP contribution in [0.5, 0.6) is 0 Å². The average molecular weight is 232 g/mol. The van der Waals surface area contributed by atoms with E-state index in [2.05, 4.69) is 31.4 Å². The lowest BCUT2D eigenvalue weighted by atomic mass is 9.91. The second-order valence-electron chi connectivity index (χ2n) is 6.45. The molecule has 0 bridgehead atoms. The van der Waals surface area contributed by atoms with Gasteiger partial charge in [0.2, 0.25) is 0 Å². The average Bonchev–Trinajstić information content (AvgIpc) is 3.03. The van der Waals surface area contributed by atoms with Gasteiger partial charge in [0.1, 0.15) is 0 Å². The minimum Gasteiger partial charge on any atom is -0.343 e. The Balaban J connectivity index is 2.10. The Morgan fingerprint density at radius 3 is 2.65 bits per heavy atom. The Labute approximate surface area is 104 Å². The van der Waals surface area contributed by atoms with Gasteiger partial charge in [-0.3, -0.25) is 0 Å². The normalized spacial score (nSPS) is 24.8. The molecule has 2 N–H and O–H groups in total. The summed E-state index contributed by atoms with van der Waals surface area (Å²) in [4.78, 5) is 0. The molecular weight excluding hydrogens is 208 g/mol. The molecule has 0 saturated heterocycles. The number of nitrogens with zero attached hydrogens (tertiary/aromatic N) is 1. The minimum atomic E-state index is 0.272. The highest BCUT2D eigenvalue weighted by Gasteiger charge is 2.41. The summed E-state index contributed by atoms with van der Waals surface area (Å²) in [5.41, 5.74) is 10.9. The predicted octanol–water partition coefficient (Wildman–Crippen LogP) is 3.28. The third kappa shape index (κ3) is 1.65. The molecule has 94 valence electrons. The fourth-order valence-corrected chi connectivity index (χ4v) is 3.71. The molecule has 0 radical (unpaired) electrons. The Morgan fingerprint density at radius 2 is 2.00 bits per heavy atom. The number of hydrogen-bond acceptors (Lipinski definition) is 1. The van der Waals surface area contributed by atoms with E-state index >= 15 is 0 Å². The van der Waals surface area contributed by atoms with Crippen molar-refractivity contribution in [2.24, 2.45) is 11.7 Å². The molecule has 17 heavy (non-hydrogen) atoms. The van der Waals surface area contributed by atoms with Gasteiger partial charge in [0, 0.05) is 23.0 Å². The van der Waals surface area contributed by atoms with Crippen LogP contribution in [-0.2, 0) is 12.0 Å².